The molecule has 0 saturated heterocycles. The predicted octanol–water partition coefficient (Wildman–Crippen LogP) is -1.05. The minimum absolute atomic E-state index is 0.103. The van der Waals surface area contributed by atoms with E-state index < -0.39 is 35.8 Å². The van der Waals surface area contributed by atoms with Gasteiger partial charge in [0.1, 0.15) is 6.04 Å². The molecule has 0 spiro atoms. The van der Waals surface area contributed by atoms with E-state index in [1.165, 1.54) is 0 Å². The number of amides is 2. The van der Waals surface area contributed by atoms with Crippen LogP contribution in [0.5, 0.6) is 0 Å². The van der Waals surface area contributed by atoms with Gasteiger partial charge in [0.2, 0.25) is 11.8 Å². The number of carboxylic acid groups (broad SMARTS) is 1. The van der Waals surface area contributed by atoms with Crippen molar-refractivity contribution in [3.63, 3.8) is 0 Å². The van der Waals surface area contributed by atoms with E-state index in [0.29, 0.717) is 6.42 Å². The third-order valence-corrected chi connectivity index (χ3v) is 2.04. The first-order chi connectivity index (χ1) is 7.61. The number of carbonyl (C=O) groups excluding carboxylic acids is 2. The zero-order chi connectivity index (χ0) is 13.6. The van der Waals surface area contributed by atoms with Crippen molar-refractivity contribution in [1.29, 1.82) is 0 Å². The molecule has 0 aromatic carbocycles. The van der Waals surface area contributed by atoms with E-state index in [-0.39, 0.29) is 6.42 Å². The Hall–Kier alpha value is -1.63. The van der Waals surface area contributed by atoms with Gasteiger partial charge in [-0.3, -0.25) is 9.59 Å². The summed E-state index contributed by atoms with van der Waals surface area (Å²) in [7, 11) is 0. The first-order valence-electron chi connectivity index (χ1n) is 5.21. The van der Waals surface area contributed by atoms with Crippen LogP contribution in [0.15, 0.2) is 0 Å². The largest absolute Gasteiger partial charge is 0.480 e. The topological polar surface area (TPSA) is 136 Å². The summed E-state index contributed by atoms with van der Waals surface area (Å²) in [5.41, 5.74) is 10.1. The minimum Gasteiger partial charge on any atom is -0.480 e. The third kappa shape index (κ3) is 8.21. The van der Waals surface area contributed by atoms with Gasteiger partial charge in [-0.15, -0.1) is 0 Å². The van der Waals surface area contributed by atoms with Crippen molar-refractivity contribution in [2.45, 2.75) is 44.7 Å². The zero-order valence-corrected chi connectivity index (χ0v) is 10.0. The molecule has 6 N–H and O–H groups in total. The van der Waals surface area contributed by atoms with Crippen molar-refractivity contribution in [2.75, 3.05) is 0 Å². The molecule has 0 bridgehead atoms. The molecule has 7 nitrogen and oxygen atoms in total. The highest BCUT2D eigenvalue weighted by Crippen LogP contribution is 2.07. The molecule has 0 aliphatic carbocycles. The molecule has 98 valence electrons. The Kier molecular flexibility index (Phi) is 5.60. The quantitative estimate of drug-likeness (QED) is 0.453. The van der Waals surface area contributed by atoms with Gasteiger partial charge in [-0.05, 0) is 20.3 Å². The Labute approximate surface area is 99.5 Å². The molecule has 0 rings (SSSR count). The van der Waals surface area contributed by atoms with E-state index in [4.69, 9.17) is 16.6 Å². The van der Waals surface area contributed by atoms with Gasteiger partial charge >= 0.3 is 5.97 Å². The summed E-state index contributed by atoms with van der Waals surface area (Å²) in [6.07, 6.45) is 0.0981. The number of rotatable bonds is 7. The van der Waals surface area contributed by atoms with E-state index in [2.05, 4.69) is 5.32 Å². The van der Waals surface area contributed by atoms with Crippen LogP contribution in [-0.4, -0.2) is 34.5 Å². The molecule has 0 aromatic heterocycles. The Morgan fingerprint density at radius 3 is 2.24 bits per heavy atom. The summed E-state index contributed by atoms with van der Waals surface area (Å²) in [5.74, 6) is -2.53. The van der Waals surface area contributed by atoms with E-state index in [0.717, 1.165) is 0 Å². The monoisotopic (exact) mass is 245 g/mol. The molecule has 0 heterocycles. The van der Waals surface area contributed by atoms with Crippen molar-refractivity contribution in [3.05, 3.63) is 0 Å². The molecule has 7 heteroatoms. The standard InChI is InChI=1S/C10H19N3O4/c1-10(2,12)4-3-8(15)13-6(9(16)17)5-7(11)14/h6H,3-5,12H2,1-2H3,(H2,11,14)(H,13,15)(H,16,17)/t6-/m1/s1. The maximum absolute atomic E-state index is 11.4. The van der Waals surface area contributed by atoms with Gasteiger partial charge in [0.05, 0.1) is 6.42 Å². The summed E-state index contributed by atoms with van der Waals surface area (Å²) in [5, 5.41) is 11.0. The maximum Gasteiger partial charge on any atom is 0.326 e. The lowest BCUT2D eigenvalue weighted by Crippen LogP contribution is -2.44. The molecule has 0 fully saturated rings. The van der Waals surface area contributed by atoms with Crippen molar-refractivity contribution >= 4 is 17.8 Å². The highest BCUT2D eigenvalue weighted by atomic mass is 16.4. The molecule has 2 amide bonds. The maximum atomic E-state index is 11.4. The average Bonchev–Trinajstić information content (AvgIpc) is 2.11. The summed E-state index contributed by atoms with van der Waals surface area (Å²) in [4.78, 5) is 32.7. The number of aliphatic carboxylic acids is 1. The smallest absolute Gasteiger partial charge is 0.326 e. The average molecular weight is 245 g/mol. The number of nitrogens with one attached hydrogen (secondary N) is 1. The van der Waals surface area contributed by atoms with Gasteiger partial charge in [-0.1, -0.05) is 0 Å². The summed E-state index contributed by atoms with van der Waals surface area (Å²) >= 11 is 0. The van der Waals surface area contributed by atoms with Crippen molar-refractivity contribution < 1.29 is 19.5 Å². The lowest BCUT2D eigenvalue weighted by atomic mass is 10.00. The lowest BCUT2D eigenvalue weighted by molar-refractivity contribution is -0.143. The van der Waals surface area contributed by atoms with Crippen LogP contribution in [0.4, 0.5) is 0 Å². The van der Waals surface area contributed by atoms with Crippen LogP contribution >= 0.6 is 0 Å². The molecular formula is C10H19N3O4. The zero-order valence-electron chi connectivity index (χ0n) is 10.0. The second-order valence-corrected chi connectivity index (χ2v) is 4.62. The van der Waals surface area contributed by atoms with Gasteiger partial charge in [-0.2, -0.15) is 0 Å². The number of carboxylic acids is 1. The van der Waals surface area contributed by atoms with Crippen molar-refractivity contribution in [2.24, 2.45) is 11.5 Å². The molecule has 0 unspecified atom stereocenters. The fraction of sp³-hybridized carbons (Fsp3) is 0.700. The first-order valence-corrected chi connectivity index (χ1v) is 5.21. The fourth-order valence-electron chi connectivity index (χ4n) is 1.10. The van der Waals surface area contributed by atoms with Gasteiger partial charge in [0, 0.05) is 12.0 Å². The van der Waals surface area contributed by atoms with Gasteiger partial charge in [0.15, 0.2) is 0 Å². The van der Waals surface area contributed by atoms with Gasteiger partial charge < -0.3 is 21.9 Å². The third-order valence-electron chi connectivity index (χ3n) is 2.04. The lowest BCUT2D eigenvalue weighted by Gasteiger charge is -2.18. The Bertz CT molecular complexity index is 309. The van der Waals surface area contributed by atoms with E-state index >= 15 is 0 Å². The number of nitrogens with two attached hydrogens (primary N) is 2. The van der Waals surface area contributed by atoms with Crippen LogP contribution in [-0.2, 0) is 14.4 Å². The van der Waals surface area contributed by atoms with Gasteiger partial charge in [0.25, 0.3) is 0 Å². The molecule has 0 aliphatic rings. The first kappa shape index (κ1) is 15.4. The SMILES string of the molecule is CC(C)(N)CCC(=O)N[C@H](CC(N)=O)C(=O)O. The van der Waals surface area contributed by atoms with Crippen molar-refractivity contribution in [1.82, 2.24) is 5.32 Å². The molecule has 0 aliphatic heterocycles. The highest BCUT2D eigenvalue weighted by Gasteiger charge is 2.22. The van der Waals surface area contributed by atoms with Crippen LogP contribution in [0.3, 0.4) is 0 Å². The molecule has 0 aromatic rings. The Morgan fingerprint density at radius 1 is 1.35 bits per heavy atom. The van der Waals surface area contributed by atoms with Crippen LogP contribution < -0.4 is 16.8 Å². The number of hydrogen-bond acceptors (Lipinski definition) is 4. The Balaban J connectivity index is 4.22. The van der Waals surface area contributed by atoms with Crippen LogP contribution in [0.2, 0.25) is 0 Å². The molecule has 1 atom stereocenters. The summed E-state index contributed by atoms with van der Waals surface area (Å²) in [6, 6.07) is -1.28. The van der Waals surface area contributed by atoms with Crippen LogP contribution in [0.1, 0.15) is 33.1 Å². The number of carbonyl (C=O) groups is 3. The summed E-state index contributed by atoms with van der Waals surface area (Å²) in [6.45, 7) is 3.52. The normalized spacial score (nSPS) is 12.9. The van der Waals surface area contributed by atoms with Gasteiger partial charge in [-0.25, -0.2) is 4.79 Å². The number of primary amides is 1. The highest BCUT2D eigenvalue weighted by molar-refractivity contribution is 5.88. The van der Waals surface area contributed by atoms with E-state index in [9.17, 15) is 14.4 Å². The Morgan fingerprint density at radius 2 is 1.88 bits per heavy atom. The second kappa shape index (κ2) is 6.19. The molecule has 0 saturated carbocycles. The number of hydrogen-bond donors (Lipinski definition) is 4. The fourth-order valence-corrected chi connectivity index (χ4v) is 1.10. The van der Waals surface area contributed by atoms with E-state index in [1.54, 1.807) is 13.8 Å². The van der Waals surface area contributed by atoms with Crippen LogP contribution in [0.25, 0.3) is 0 Å². The molecule has 17 heavy (non-hydrogen) atoms. The van der Waals surface area contributed by atoms with Crippen LogP contribution in [0, 0.1) is 0 Å². The second-order valence-electron chi connectivity index (χ2n) is 4.62. The summed E-state index contributed by atoms with van der Waals surface area (Å²) < 4.78 is 0. The predicted molar refractivity (Wildman–Crippen MR) is 60.9 cm³/mol. The molecular weight excluding hydrogens is 226 g/mol. The minimum atomic E-state index is -1.29. The molecule has 0 radical (unpaired) electrons. The van der Waals surface area contributed by atoms with E-state index in [1.807, 2.05) is 0 Å². The van der Waals surface area contributed by atoms with Crippen molar-refractivity contribution in [3.8, 4) is 0 Å².